The third-order valence-electron chi connectivity index (χ3n) is 7.90. The van der Waals surface area contributed by atoms with Gasteiger partial charge >= 0.3 is 0 Å². The highest BCUT2D eigenvalue weighted by molar-refractivity contribution is 6.10. The molecule has 0 amide bonds. The fourth-order valence-electron chi connectivity index (χ4n) is 5.16. The zero-order chi connectivity index (χ0) is 31.7. The van der Waals surface area contributed by atoms with Gasteiger partial charge in [-0.2, -0.15) is 0 Å². The summed E-state index contributed by atoms with van der Waals surface area (Å²) in [4.78, 5) is 13.3. The summed E-state index contributed by atoms with van der Waals surface area (Å²) in [5.41, 5.74) is 1.07. The molecule has 2 aromatic carbocycles. The third kappa shape index (κ3) is 16.2. The summed E-state index contributed by atoms with van der Waals surface area (Å²) in [7, 11) is 0. The van der Waals surface area contributed by atoms with Crippen molar-refractivity contribution in [1.82, 2.24) is 0 Å². The lowest BCUT2D eigenvalue weighted by atomic mass is 10.1. The van der Waals surface area contributed by atoms with Gasteiger partial charge in [0.15, 0.2) is 5.78 Å². The molecule has 0 saturated carbocycles. The van der Waals surface area contributed by atoms with Crippen molar-refractivity contribution in [3.63, 3.8) is 0 Å². The standard InChI is InChI=1S/C39H60O5/c1-4-7-10-13-16-19-28-42-34-25-22-33(23-26-34)24-27-36(40)39-37(41)31-35(43-29-20-17-14-11-8-5-2)32-38(39)44-30-21-18-15-12-9-6-3/h22-27,31-32,41H,4-21,28-30H2,1-3H3/b27-24+. The number of allylic oxidation sites excluding steroid dienone is 1. The van der Waals surface area contributed by atoms with Gasteiger partial charge in [-0.25, -0.2) is 0 Å². The molecular weight excluding hydrogens is 548 g/mol. The number of unbranched alkanes of at least 4 members (excludes halogenated alkanes) is 15. The van der Waals surface area contributed by atoms with Crippen molar-refractivity contribution in [2.45, 2.75) is 136 Å². The first kappa shape index (κ1) is 37.2. The first-order chi connectivity index (χ1) is 21.6. The van der Waals surface area contributed by atoms with Crippen LogP contribution in [0.25, 0.3) is 6.08 Å². The van der Waals surface area contributed by atoms with E-state index in [2.05, 4.69) is 20.8 Å². The highest BCUT2D eigenvalue weighted by Crippen LogP contribution is 2.35. The predicted octanol–water partition coefficient (Wildman–Crippen LogP) is 11.5. The van der Waals surface area contributed by atoms with Crippen LogP contribution in [0.3, 0.4) is 0 Å². The third-order valence-corrected chi connectivity index (χ3v) is 7.90. The van der Waals surface area contributed by atoms with Crippen molar-refractivity contribution in [1.29, 1.82) is 0 Å². The Morgan fingerprint density at radius 1 is 0.591 bits per heavy atom. The largest absolute Gasteiger partial charge is 0.507 e. The first-order valence-electron chi connectivity index (χ1n) is 17.7. The SMILES string of the molecule is CCCCCCCCOc1ccc(/C=C/C(=O)c2c(O)cc(OCCCCCCCC)cc2OCCCCCCCC)cc1. The van der Waals surface area contributed by atoms with Crippen molar-refractivity contribution in [2.75, 3.05) is 19.8 Å². The Kier molecular flexibility index (Phi) is 20.6. The van der Waals surface area contributed by atoms with E-state index in [-0.39, 0.29) is 17.1 Å². The summed E-state index contributed by atoms with van der Waals surface area (Å²) in [6.45, 7) is 8.46. The van der Waals surface area contributed by atoms with Crippen molar-refractivity contribution in [3.05, 3.63) is 53.6 Å². The van der Waals surface area contributed by atoms with Crippen LogP contribution in [0.15, 0.2) is 42.5 Å². The van der Waals surface area contributed by atoms with Crippen LogP contribution >= 0.6 is 0 Å². The van der Waals surface area contributed by atoms with Crippen LogP contribution in [0.4, 0.5) is 0 Å². The number of carbonyl (C=O) groups excluding carboxylic acids is 1. The zero-order valence-electron chi connectivity index (χ0n) is 28.0. The van der Waals surface area contributed by atoms with Crippen LogP contribution in [-0.4, -0.2) is 30.7 Å². The van der Waals surface area contributed by atoms with E-state index in [0.29, 0.717) is 24.7 Å². The highest BCUT2D eigenvalue weighted by Gasteiger charge is 2.18. The zero-order valence-corrected chi connectivity index (χ0v) is 28.0. The quantitative estimate of drug-likeness (QED) is 0.0621. The molecule has 0 aliphatic carbocycles. The van der Waals surface area contributed by atoms with Crippen LogP contribution < -0.4 is 14.2 Å². The molecule has 0 aromatic heterocycles. The van der Waals surface area contributed by atoms with E-state index >= 15 is 0 Å². The molecule has 0 saturated heterocycles. The van der Waals surface area contributed by atoms with Gasteiger partial charge in [0.05, 0.1) is 19.8 Å². The molecule has 5 nitrogen and oxygen atoms in total. The van der Waals surface area contributed by atoms with Crippen LogP contribution in [0, 0.1) is 0 Å². The Bertz CT molecular complexity index is 1040. The molecule has 0 fully saturated rings. The summed E-state index contributed by atoms with van der Waals surface area (Å²) >= 11 is 0. The molecular formula is C39H60O5. The summed E-state index contributed by atoms with van der Waals surface area (Å²) in [5.74, 6) is 1.33. The molecule has 0 aliphatic heterocycles. The van der Waals surface area contributed by atoms with Gasteiger partial charge in [0, 0.05) is 12.1 Å². The molecule has 1 N–H and O–H groups in total. The normalized spacial score (nSPS) is 11.2. The average Bonchev–Trinajstić information content (AvgIpc) is 3.03. The van der Waals surface area contributed by atoms with Gasteiger partial charge in [-0.3, -0.25) is 4.79 Å². The summed E-state index contributed by atoms with van der Waals surface area (Å²) in [6, 6.07) is 11.0. The molecule has 0 bridgehead atoms. The minimum absolute atomic E-state index is 0.114. The second kappa shape index (κ2) is 24.4. The number of hydrogen-bond acceptors (Lipinski definition) is 5. The smallest absolute Gasteiger partial charge is 0.193 e. The van der Waals surface area contributed by atoms with Crippen LogP contribution in [0.2, 0.25) is 0 Å². The molecule has 0 spiro atoms. The number of aromatic hydroxyl groups is 1. The van der Waals surface area contributed by atoms with E-state index in [1.54, 1.807) is 12.1 Å². The lowest BCUT2D eigenvalue weighted by Gasteiger charge is -2.14. The Morgan fingerprint density at radius 3 is 1.57 bits per heavy atom. The minimum atomic E-state index is -0.300. The maximum atomic E-state index is 13.3. The molecule has 0 heterocycles. The van der Waals surface area contributed by atoms with Gasteiger partial charge < -0.3 is 19.3 Å². The van der Waals surface area contributed by atoms with Crippen molar-refractivity contribution in [3.8, 4) is 23.0 Å². The summed E-state index contributed by atoms with van der Waals surface area (Å²) in [5, 5.41) is 10.9. The molecule has 44 heavy (non-hydrogen) atoms. The fraction of sp³-hybridized carbons (Fsp3) is 0.615. The molecule has 0 radical (unpaired) electrons. The van der Waals surface area contributed by atoms with Crippen molar-refractivity contribution in [2.24, 2.45) is 0 Å². The van der Waals surface area contributed by atoms with Gasteiger partial charge in [0.2, 0.25) is 0 Å². The lowest BCUT2D eigenvalue weighted by Crippen LogP contribution is -2.06. The van der Waals surface area contributed by atoms with Crippen molar-refractivity contribution < 1.29 is 24.1 Å². The van der Waals surface area contributed by atoms with Crippen molar-refractivity contribution >= 4 is 11.9 Å². The number of hydrogen-bond donors (Lipinski definition) is 1. The second-order valence-corrected chi connectivity index (χ2v) is 11.9. The Morgan fingerprint density at radius 2 is 1.05 bits per heavy atom. The molecule has 2 rings (SSSR count). The average molecular weight is 609 g/mol. The molecule has 5 heteroatoms. The Hall–Kier alpha value is -2.95. The van der Waals surface area contributed by atoms with Gasteiger partial charge in [-0.1, -0.05) is 135 Å². The van der Waals surface area contributed by atoms with Gasteiger partial charge in [-0.05, 0) is 43.0 Å². The number of rotatable bonds is 27. The van der Waals surface area contributed by atoms with E-state index in [0.717, 1.165) is 50.0 Å². The molecule has 2 aromatic rings. The molecule has 0 aliphatic rings. The van der Waals surface area contributed by atoms with Gasteiger partial charge in [0.25, 0.3) is 0 Å². The van der Waals surface area contributed by atoms with E-state index in [1.807, 2.05) is 24.3 Å². The minimum Gasteiger partial charge on any atom is -0.507 e. The van der Waals surface area contributed by atoms with Crippen LogP contribution in [-0.2, 0) is 0 Å². The number of phenolic OH excluding ortho intramolecular Hbond substituents is 1. The number of ketones is 1. The monoisotopic (exact) mass is 608 g/mol. The van der Waals surface area contributed by atoms with E-state index in [9.17, 15) is 9.90 Å². The summed E-state index contributed by atoms with van der Waals surface area (Å²) < 4.78 is 17.9. The second-order valence-electron chi connectivity index (χ2n) is 11.9. The predicted molar refractivity (Wildman–Crippen MR) is 185 cm³/mol. The molecule has 0 atom stereocenters. The molecule has 0 unspecified atom stereocenters. The summed E-state index contributed by atoms with van der Waals surface area (Å²) in [6.07, 6.45) is 24.6. The van der Waals surface area contributed by atoms with E-state index < -0.39 is 0 Å². The Labute approximate surface area is 268 Å². The van der Waals surface area contributed by atoms with Crippen LogP contribution in [0.5, 0.6) is 23.0 Å². The van der Waals surface area contributed by atoms with Gasteiger partial charge in [-0.15, -0.1) is 0 Å². The van der Waals surface area contributed by atoms with E-state index in [1.165, 1.54) is 95.6 Å². The van der Waals surface area contributed by atoms with E-state index in [4.69, 9.17) is 14.2 Å². The topological polar surface area (TPSA) is 65.0 Å². The van der Waals surface area contributed by atoms with Crippen LogP contribution in [0.1, 0.15) is 152 Å². The fourth-order valence-corrected chi connectivity index (χ4v) is 5.16. The van der Waals surface area contributed by atoms with Gasteiger partial charge in [0.1, 0.15) is 28.6 Å². The Balaban J connectivity index is 1.98. The number of phenols is 1. The number of benzene rings is 2. The number of carbonyl (C=O) groups is 1. The highest BCUT2D eigenvalue weighted by atomic mass is 16.5. The maximum Gasteiger partial charge on any atom is 0.193 e. The lowest BCUT2D eigenvalue weighted by molar-refractivity contribution is 0.104. The number of ether oxygens (including phenoxy) is 3. The molecule has 246 valence electrons. The first-order valence-corrected chi connectivity index (χ1v) is 17.7. The maximum absolute atomic E-state index is 13.3.